The molecule has 0 saturated heterocycles. The zero-order valence-corrected chi connectivity index (χ0v) is 11.8. The van der Waals surface area contributed by atoms with Crippen molar-refractivity contribution in [2.45, 2.75) is 6.92 Å². The van der Waals surface area contributed by atoms with Gasteiger partial charge in [0.2, 0.25) is 6.79 Å². The second-order valence-electron chi connectivity index (χ2n) is 5.28. The molecule has 5 heteroatoms. The first-order valence-electron chi connectivity index (χ1n) is 6.78. The molecule has 1 aliphatic rings. The molecule has 1 aromatic carbocycles. The van der Waals surface area contributed by atoms with E-state index in [-0.39, 0.29) is 6.79 Å². The number of hydrogen-bond donors (Lipinski definition) is 1. The second-order valence-corrected chi connectivity index (χ2v) is 5.28. The molecule has 0 saturated carbocycles. The molecule has 106 valence electrons. The summed E-state index contributed by atoms with van der Waals surface area (Å²) in [5.74, 6) is 2.95. The number of rotatable bonds is 4. The average molecular weight is 273 g/mol. The Morgan fingerprint density at radius 1 is 1.35 bits per heavy atom. The van der Waals surface area contributed by atoms with Crippen LogP contribution in [0.5, 0.6) is 11.5 Å². The Balaban J connectivity index is 2.02. The molecular formula is C15H19N3O2. The molecular weight excluding hydrogens is 254 g/mol. The molecule has 0 radical (unpaired) electrons. The number of benzene rings is 1. The van der Waals surface area contributed by atoms with Gasteiger partial charge in [0.25, 0.3) is 0 Å². The zero-order valence-electron chi connectivity index (χ0n) is 11.8. The lowest BCUT2D eigenvalue weighted by Crippen LogP contribution is -2.28. The molecule has 0 fully saturated rings. The minimum Gasteiger partial charge on any atom is -0.454 e. The molecule has 2 heterocycles. The highest BCUT2D eigenvalue weighted by molar-refractivity contribution is 5.94. The molecule has 2 N–H and O–H groups in total. The highest BCUT2D eigenvalue weighted by Gasteiger charge is 2.17. The number of hydrogen-bond acceptors (Lipinski definition) is 5. The van der Waals surface area contributed by atoms with Gasteiger partial charge < -0.3 is 20.1 Å². The maximum Gasteiger partial charge on any atom is 0.231 e. The lowest BCUT2D eigenvalue weighted by molar-refractivity contribution is 0.174. The van der Waals surface area contributed by atoms with Crippen molar-refractivity contribution in [3.63, 3.8) is 0 Å². The number of pyridine rings is 1. The van der Waals surface area contributed by atoms with Gasteiger partial charge in [-0.05, 0) is 36.0 Å². The van der Waals surface area contributed by atoms with Crippen LogP contribution >= 0.6 is 0 Å². The van der Waals surface area contributed by atoms with Crippen molar-refractivity contribution >= 4 is 16.6 Å². The van der Waals surface area contributed by atoms with Gasteiger partial charge in [-0.15, -0.1) is 0 Å². The van der Waals surface area contributed by atoms with Crippen LogP contribution in [0.25, 0.3) is 10.8 Å². The van der Waals surface area contributed by atoms with Gasteiger partial charge in [-0.25, -0.2) is 4.98 Å². The van der Waals surface area contributed by atoms with Crippen LogP contribution in [0.2, 0.25) is 0 Å². The first-order chi connectivity index (χ1) is 9.69. The minimum atomic E-state index is 0.286. The number of fused-ring (bicyclic) bond motifs is 2. The lowest BCUT2D eigenvalue weighted by atomic mass is 10.1. The van der Waals surface area contributed by atoms with E-state index in [0.717, 1.165) is 34.6 Å². The Kier molecular flexibility index (Phi) is 3.36. The van der Waals surface area contributed by atoms with Gasteiger partial charge in [0, 0.05) is 25.2 Å². The maximum absolute atomic E-state index is 5.70. The van der Waals surface area contributed by atoms with Crippen LogP contribution in [0.1, 0.15) is 6.92 Å². The average Bonchev–Trinajstić information content (AvgIpc) is 2.91. The van der Waals surface area contributed by atoms with Crippen LogP contribution in [0.3, 0.4) is 0 Å². The summed E-state index contributed by atoms with van der Waals surface area (Å²) in [6.07, 6.45) is 1.82. The predicted molar refractivity (Wildman–Crippen MR) is 79.4 cm³/mol. The first-order valence-corrected chi connectivity index (χ1v) is 6.78. The number of nitrogens with zero attached hydrogens (tertiary/aromatic N) is 2. The summed E-state index contributed by atoms with van der Waals surface area (Å²) in [6, 6.07) is 5.99. The second kappa shape index (κ2) is 5.17. The molecule has 0 spiro atoms. The van der Waals surface area contributed by atoms with Gasteiger partial charge >= 0.3 is 0 Å². The largest absolute Gasteiger partial charge is 0.454 e. The molecule has 20 heavy (non-hydrogen) atoms. The van der Waals surface area contributed by atoms with E-state index in [1.807, 2.05) is 31.4 Å². The predicted octanol–water partition coefficient (Wildman–Crippen LogP) is 1.99. The standard InChI is InChI=1S/C15H19N3O2/c1-10(7-16)8-18(2)15-12-6-14-13(19-9-20-14)5-11(12)3-4-17-15/h3-6,10H,7-9,16H2,1-2H3. The summed E-state index contributed by atoms with van der Waals surface area (Å²) in [4.78, 5) is 6.65. The topological polar surface area (TPSA) is 60.6 Å². The molecule has 1 atom stereocenters. The molecule has 0 amide bonds. The third-order valence-corrected chi connectivity index (χ3v) is 3.59. The van der Waals surface area contributed by atoms with E-state index < -0.39 is 0 Å². The maximum atomic E-state index is 5.70. The van der Waals surface area contributed by atoms with Crippen LogP contribution in [-0.4, -0.2) is 31.9 Å². The molecule has 1 unspecified atom stereocenters. The van der Waals surface area contributed by atoms with Crippen LogP contribution in [0, 0.1) is 5.92 Å². The molecule has 0 bridgehead atoms. The van der Waals surface area contributed by atoms with Crippen molar-refractivity contribution in [2.24, 2.45) is 11.7 Å². The first kappa shape index (κ1) is 13.0. The van der Waals surface area contributed by atoms with E-state index in [1.165, 1.54) is 0 Å². The van der Waals surface area contributed by atoms with Crippen LogP contribution < -0.4 is 20.1 Å². The zero-order chi connectivity index (χ0) is 14.1. The highest BCUT2D eigenvalue weighted by Crippen LogP contribution is 2.38. The molecule has 1 aromatic heterocycles. The smallest absolute Gasteiger partial charge is 0.231 e. The van der Waals surface area contributed by atoms with Crippen LogP contribution in [0.4, 0.5) is 5.82 Å². The van der Waals surface area contributed by atoms with Crippen molar-refractivity contribution in [1.29, 1.82) is 0 Å². The summed E-state index contributed by atoms with van der Waals surface area (Å²) in [7, 11) is 2.04. The van der Waals surface area contributed by atoms with E-state index >= 15 is 0 Å². The van der Waals surface area contributed by atoms with E-state index in [2.05, 4.69) is 16.8 Å². The normalized spacial score (nSPS) is 14.6. The van der Waals surface area contributed by atoms with E-state index in [9.17, 15) is 0 Å². The fourth-order valence-electron chi connectivity index (χ4n) is 2.48. The molecule has 2 aromatic rings. The third-order valence-electron chi connectivity index (χ3n) is 3.59. The van der Waals surface area contributed by atoms with Gasteiger partial charge in [0.15, 0.2) is 11.5 Å². The van der Waals surface area contributed by atoms with Crippen molar-refractivity contribution in [1.82, 2.24) is 4.98 Å². The summed E-state index contributed by atoms with van der Waals surface area (Å²) >= 11 is 0. The Labute approximate surface area is 118 Å². The van der Waals surface area contributed by atoms with E-state index in [4.69, 9.17) is 15.2 Å². The SMILES string of the molecule is CC(CN)CN(C)c1nccc2cc3c(cc12)OCO3. The molecule has 5 nitrogen and oxygen atoms in total. The Morgan fingerprint density at radius 2 is 2.10 bits per heavy atom. The highest BCUT2D eigenvalue weighted by atomic mass is 16.7. The van der Waals surface area contributed by atoms with Crippen LogP contribution in [-0.2, 0) is 0 Å². The Hall–Kier alpha value is -2.01. The van der Waals surface area contributed by atoms with Crippen molar-refractivity contribution in [3.8, 4) is 11.5 Å². The minimum absolute atomic E-state index is 0.286. The van der Waals surface area contributed by atoms with Crippen molar-refractivity contribution in [3.05, 3.63) is 24.4 Å². The molecule has 0 aliphatic carbocycles. The monoisotopic (exact) mass is 273 g/mol. The van der Waals surface area contributed by atoms with Crippen molar-refractivity contribution in [2.75, 3.05) is 31.8 Å². The fraction of sp³-hybridized carbons (Fsp3) is 0.400. The van der Waals surface area contributed by atoms with Crippen LogP contribution in [0.15, 0.2) is 24.4 Å². The van der Waals surface area contributed by atoms with E-state index in [1.54, 1.807) is 0 Å². The number of ether oxygens (including phenoxy) is 2. The van der Waals surface area contributed by atoms with E-state index in [0.29, 0.717) is 12.5 Å². The van der Waals surface area contributed by atoms with Gasteiger partial charge in [-0.1, -0.05) is 6.92 Å². The summed E-state index contributed by atoms with van der Waals surface area (Å²) < 4.78 is 10.9. The van der Waals surface area contributed by atoms with Gasteiger partial charge in [0.1, 0.15) is 5.82 Å². The number of nitrogens with two attached hydrogens (primary N) is 1. The molecule has 3 rings (SSSR count). The lowest BCUT2D eigenvalue weighted by Gasteiger charge is -2.23. The third kappa shape index (κ3) is 2.25. The number of anilines is 1. The number of aromatic nitrogens is 1. The van der Waals surface area contributed by atoms with Gasteiger partial charge in [-0.3, -0.25) is 0 Å². The van der Waals surface area contributed by atoms with Gasteiger partial charge in [-0.2, -0.15) is 0 Å². The molecule has 1 aliphatic heterocycles. The quantitative estimate of drug-likeness (QED) is 0.923. The van der Waals surface area contributed by atoms with Gasteiger partial charge in [0.05, 0.1) is 0 Å². The fourth-order valence-corrected chi connectivity index (χ4v) is 2.48. The summed E-state index contributed by atoms with van der Waals surface area (Å²) in [5.41, 5.74) is 5.70. The summed E-state index contributed by atoms with van der Waals surface area (Å²) in [6.45, 7) is 3.96. The Morgan fingerprint density at radius 3 is 2.85 bits per heavy atom. The van der Waals surface area contributed by atoms with Crippen molar-refractivity contribution < 1.29 is 9.47 Å². The Bertz CT molecular complexity index is 630. The summed E-state index contributed by atoms with van der Waals surface area (Å²) in [5, 5.41) is 2.18.